The summed E-state index contributed by atoms with van der Waals surface area (Å²) in [5, 5.41) is 3.34. The van der Waals surface area contributed by atoms with E-state index in [2.05, 4.69) is 54.4 Å². The molecule has 0 aromatic heterocycles. The van der Waals surface area contributed by atoms with Crippen LogP contribution in [0.15, 0.2) is 30.3 Å². The molecule has 1 saturated carbocycles. The molecule has 1 heterocycles. The van der Waals surface area contributed by atoms with E-state index in [1.54, 1.807) is 0 Å². The van der Waals surface area contributed by atoms with Crippen molar-refractivity contribution in [2.45, 2.75) is 51.7 Å². The summed E-state index contributed by atoms with van der Waals surface area (Å²) in [7, 11) is 0. The maximum Gasteiger partial charge on any atom is 0.223 e. The molecule has 0 radical (unpaired) electrons. The van der Waals surface area contributed by atoms with E-state index in [9.17, 15) is 4.79 Å². The molecular weight excluding hydrogens is 298 g/mol. The Morgan fingerprint density at radius 3 is 2.42 bits per heavy atom. The van der Waals surface area contributed by atoms with E-state index in [4.69, 9.17) is 5.73 Å². The maximum absolute atomic E-state index is 12.5. The monoisotopic (exact) mass is 329 g/mol. The molecule has 4 nitrogen and oxygen atoms in total. The first-order valence-corrected chi connectivity index (χ1v) is 9.35. The van der Waals surface area contributed by atoms with E-state index >= 15 is 0 Å². The summed E-state index contributed by atoms with van der Waals surface area (Å²) in [4.78, 5) is 15.1. The number of amides is 1. The highest BCUT2D eigenvalue weighted by Gasteiger charge is 2.35. The van der Waals surface area contributed by atoms with Crippen LogP contribution in [0, 0.1) is 17.8 Å². The summed E-state index contributed by atoms with van der Waals surface area (Å²) in [6.45, 7) is 7.59. The third-order valence-corrected chi connectivity index (χ3v) is 5.72. The van der Waals surface area contributed by atoms with Gasteiger partial charge < -0.3 is 11.1 Å². The normalized spacial score (nSPS) is 34.2. The number of carbonyl (C=O) groups is 1. The van der Waals surface area contributed by atoms with Crippen molar-refractivity contribution < 1.29 is 4.79 Å². The molecule has 1 saturated heterocycles. The van der Waals surface area contributed by atoms with Crippen molar-refractivity contribution in [3.8, 4) is 0 Å². The average Bonchev–Trinajstić information content (AvgIpc) is 2.98. The number of nitrogens with zero attached hydrogens (tertiary/aromatic N) is 1. The summed E-state index contributed by atoms with van der Waals surface area (Å²) in [5.41, 5.74) is 7.32. The molecule has 24 heavy (non-hydrogen) atoms. The molecule has 3 N–H and O–H groups in total. The smallest absolute Gasteiger partial charge is 0.223 e. The van der Waals surface area contributed by atoms with Crippen molar-refractivity contribution in [3.05, 3.63) is 35.9 Å². The second-order valence-electron chi connectivity index (χ2n) is 7.94. The number of nitrogens with one attached hydrogen (secondary N) is 1. The Morgan fingerprint density at radius 1 is 1.17 bits per heavy atom. The lowest BCUT2D eigenvalue weighted by Gasteiger charge is -2.42. The van der Waals surface area contributed by atoms with Crippen LogP contribution in [0.3, 0.4) is 0 Å². The highest BCUT2D eigenvalue weighted by atomic mass is 16.2. The predicted octanol–water partition coefficient (Wildman–Crippen LogP) is 2.39. The minimum absolute atomic E-state index is 0.127. The van der Waals surface area contributed by atoms with Crippen LogP contribution in [0.25, 0.3) is 0 Å². The molecule has 1 aliphatic heterocycles. The number of piperidine rings is 1. The lowest BCUT2D eigenvalue weighted by Crippen LogP contribution is -2.55. The molecule has 2 fully saturated rings. The molecule has 4 unspecified atom stereocenters. The first-order valence-electron chi connectivity index (χ1n) is 9.35. The highest BCUT2D eigenvalue weighted by molar-refractivity contribution is 5.79. The largest absolute Gasteiger partial charge is 0.352 e. The van der Waals surface area contributed by atoms with Gasteiger partial charge in [0.05, 0.1) is 0 Å². The van der Waals surface area contributed by atoms with Crippen LogP contribution in [0.2, 0.25) is 0 Å². The van der Waals surface area contributed by atoms with Gasteiger partial charge in [-0.3, -0.25) is 9.69 Å². The number of benzene rings is 1. The Balaban J connectivity index is 1.54. The number of hydrogen-bond donors (Lipinski definition) is 2. The van der Waals surface area contributed by atoms with Gasteiger partial charge in [0.15, 0.2) is 0 Å². The topological polar surface area (TPSA) is 58.4 Å². The number of carbonyl (C=O) groups excluding carboxylic acids is 1. The lowest BCUT2D eigenvalue weighted by atomic mass is 9.85. The predicted molar refractivity (Wildman–Crippen MR) is 97.3 cm³/mol. The molecule has 1 aromatic rings. The summed E-state index contributed by atoms with van der Waals surface area (Å²) < 4.78 is 0. The Bertz CT molecular complexity index is 535. The van der Waals surface area contributed by atoms with E-state index in [1.165, 1.54) is 5.56 Å². The highest BCUT2D eigenvalue weighted by Crippen LogP contribution is 2.27. The van der Waals surface area contributed by atoms with Gasteiger partial charge in [-0.15, -0.1) is 0 Å². The van der Waals surface area contributed by atoms with Crippen molar-refractivity contribution in [1.82, 2.24) is 10.2 Å². The van der Waals surface area contributed by atoms with Gasteiger partial charge in [-0.1, -0.05) is 44.2 Å². The van der Waals surface area contributed by atoms with E-state index in [0.717, 1.165) is 38.9 Å². The van der Waals surface area contributed by atoms with Crippen molar-refractivity contribution in [3.63, 3.8) is 0 Å². The van der Waals surface area contributed by atoms with Crippen LogP contribution < -0.4 is 11.1 Å². The Morgan fingerprint density at radius 2 is 1.83 bits per heavy atom. The minimum atomic E-state index is 0.127. The number of likely N-dealkylation sites (tertiary alicyclic amines) is 1. The molecule has 0 spiro atoms. The van der Waals surface area contributed by atoms with Gasteiger partial charge in [0, 0.05) is 37.6 Å². The SMILES string of the molecule is CC1CN(Cc2ccccc2)CC(C)C1NC(=O)C1CCC(N)C1. The molecule has 2 aliphatic rings. The number of nitrogens with two attached hydrogens (primary N) is 1. The molecule has 132 valence electrons. The molecule has 1 amide bonds. The second kappa shape index (κ2) is 7.66. The van der Waals surface area contributed by atoms with Gasteiger partial charge >= 0.3 is 0 Å². The Hall–Kier alpha value is -1.39. The zero-order valence-corrected chi connectivity index (χ0v) is 14.9. The number of hydrogen-bond acceptors (Lipinski definition) is 3. The lowest BCUT2D eigenvalue weighted by molar-refractivity contribution is -0.126. The third-order valence-electron chi connectivity index (χ3n) is 5.72. The van der Waals surface area contributed by atoms with Gasteiger partial charge in [-0.25, -0.2) is 0 Å². The van der Waals surface area contributed by atoms with E-state index < -0.39 is 0 Å². The molecule has 4 atom stereocenters. The van der Waals surface area contributed by atoms with Crippen molar-refractivity contribution in [1.29, 1.82) is 0 Å². The molecule has 1 aromatic carbocycles. The van der Waals surface area contributed by atoms with Crippen LogP contribution in [-0.2, 0) is 11.3 Å². The first-order chi connectivity index (χ1) is 11.5. The summed E-state index contributed by atoms with van der Waals surface area (Å²) in [6, 6.07) is 11.1. The number of rotatable bonds is 4. The van der Waals surface area contributed by atoms with Crippen molar-refractivity contribution in [2.75, 3.05) is 13.1 Å². The second-order valence-corrected chi connectivity index (χ2v) is 7.94. The molecular formula is C20H31N3O. The fraction of sp³-hybridized carbons (Fsp3) is 0.650. The fourth-order valence-electron chi connectivity index (χ4n) is 4.47. The summed E-state index contributed by atoms with van der Waals surface area (Å²) >= 11 is 0. The first kappa shape index (κ1) is 17.4. The van der Waals surface area contributed by atoms with Crippen LogP contribution in [0.1, 0.15) is 38.7 Å². The third kappa shape index (κ3) is 4.17. The van der Waals surface area contributed by atoms with Crippen LogP contribution in [0.5, 0.6) is 0 Å². The zero-order valence-electron chi connectivity index (χ0n) is 14.9. The van der Waals surface area contributed by atoms with Gasteiger partial charge in [-0.2, -0.15) is 0 Å². The Labute approximate surface area is 145 Å². The fourth-order valence-corrected chi connectivity index (χ4v) is 4.47. The van der Waals surface area contributed by atoms with Gasteiger partial charge in [0.2, 0.25) is 5.91 Å². The standard InChI is InChI=1S/C20H31N3O/c1-14-11-23(13-16-6-4-3-5-7-16)12-15(2)19(14)22-20(24)17-8-9-18(21)10-17/h3-7,14-15,17-19H,8-13,21H2,1-2H3,(H,22,24). The summed E-state index contributed by atoms with van der Waals surface area (Å²) in [6.07, 6.45) is 2.78. The van der Waals surface area contributed by atoms with Crippen LogP contribution >= 0.6 is 0 Å². The molecule has 1 aliphatic carbocycles. The van der Waals surface area contributed by atoms with Crippen LogP contribution in [-0.4, -0.2) is 36.0 Å². The quantitative estimate of drug-likeness (QED) is 0.892. The minimum Gasteiger partial charge on any atom is -0.352 e. The zero-order chi connectivity index (χ0) is 17.1. The van der Waals surface area contributed by atoms with Crippen molar-refractivity contribution in [2.24, 2.45) is 23.5 Å². The van der Waals surface area contributed by atoms with E-state index in [1.807, 2.05) is 0 Å². The van der Waals surface area contributed by atoms with E-state index in [-0.39, 0.29) is 23.9 Å². The molecule has 4 heteroatoms. The average molecular weight is 329 g/mol. The van der Waals surface area contributed by atoms with Gasteiger partial charge in [-0.05, 0) is 36.7 Å². The van der Waals surface area contributed by atoms with Gasteiger partial charge in [0.1, 0.15) is 0 Å². The van der Waals surface area contributed by atoms with Gasteiger partial charge in [0.25, 0.3) is 0 Å². The Kier molecular flexibility index (Phi) is 5.57. The van der Waals surface area contributed by atoms with Crippen LogP contribution in [0.4, 0.5) is 0 Å². The molecule has 0 bridgehead atoms. The molecule has 3 rings (SSSR count). The van der Waals surface area contributed by atoms with E-state index in [0.29, 0.717) is 11.8 Å². The maximum atomic E-state index is 12.5. The van der Waals surface area contributed by atoms with Crippen molar-refractivity contribution >= 4 is 5.91 Å². The summed E-state index contributed by atoms with van der Waals surface area (Å²) in [5.74, 6) is 1.29.